The number of hydrogen-bond donors (Lipinski definition) is 2. The first-order valence-corrected chi connectivity index (χ1v) is 6.13. The zero-order chi connectivity index (χ0) is 11.2. The van der Waals surface area contributed by atoms with Gasteiger partial charge in [-0.2, -0.15) is 5.10 Å². The van der Waals surface area contributed by atoms with Crippen LogP contribution in [0.2, 0.25) is 0 Å². The van der Waals surface area contributed by atoms with Crippen molar-refractivity contribution in [3.05, 3.63) is 23.8 Å². The summed E-state index contributed by atoms with van der Waals surface area (Å²) in [5.74, 6) is 0.925. The minimum Gasteiger partial charge on any atom is -0.307 e. The number of nitrogens with zero attached hydrogens (tertiary/aromatic N) is 2. The second-order valence-electron chi connectivity index (χ2n) is 4.32. The lowest BCUT2D eigenvalue weighted by Crippen LogP contribution is -2.20. The smallest absolute Gasteiger partial charge is 0.145 e. The van der Waals surface area contributed by atoms with Gasteiger partial charge < -0.3 is 5.32 Å². The van der Waals surface area contributed by atoms with Gasteiger partial charge in [0.25, 0.3) is 0 Å². The number of rotatable bonds is 3. The molecule has 1 aliphatic carbocycles. The molecule has 0 spiro atoms. The van der Waals surface area contributed by atoms with Gasteiger partial charge in [-0.3, -0.25) is 5.10 Å². The molecule has 0 radical (unpaired) electrons. The summed E-state index contributed by atoms with van der Waals surface area (Å²) < 4.78 is 0. The zero-order valence-corrected chi connectivity index (χ0v) is 9.87. The molecule has 0 amide bonds. The van der Waals surface area contributed by atoms with E-state index in [4.69, 9.17) is 0 Å². The van der Waals surface area contributed by atoms with Gasteiger partial charge in [-0.1, -0.05) is 18.9 Å². The minimum absolute atomic E-state index is 0.209. The van der Waals surface area contributed by atoms with E-state index in [2.05, 4.69) is 26.6 Å². The van der Waals surface area contributed by atoms with Crippen LogP contribution in [0.15, 0.2) is 18.0 Å². The molecule has 4 heteroatoms. The van der Waals surface area contributed by atoms with Crippen molar-refractivity contribution < 1.29 is 0 Å². The molecule has 4 nitrogen and oxygen atoms in total. The molecular weight excluding hydrogens is 200 g/mol. The Morgan fingerprint density at radius 1 is 1.31 bits per heavy atom. The fraction of sp³-hybridized carbons (Fsp3) is 0.667. The Morgan fingerprint density at radius 3 is 2.94 bits per heavy atom. The molecule has 1 aromatic heterocycles. The molecule has 1 heterocycles. The molecule has 0 saturated carbocycles. The summed E-state index contributed by atoms with van der Waals surface area (Å²) in [5.41, 5.74) is 1.46. The largest absolute Gasteiger partial charge is 0.307 e. The highest BCUT2D eigenvalue weighted by Gasteiger charge is 2.17. The van der Waals surface area contributed by atoms with Gasteiger partial charge in [-0.05, 0) is 38.3 Å². The first-order chi connectivity index (χ1) is 7.92. The molecular formula is C12H20N4. The average Bonchev–Trinajstić information content (AvgIpc) is 2.75. The van der Waals surface area contributed by atoms with Crippen LogP contribution in [0.4, 0.5) is 0 Å². The van der Waals surface area contributed by atoms with Gasteiger partial charge in [0.15, 0.2) is 0 Å². The molecule has 0 saturated heterocycles. The number of aromatic nitrogens is 3. The maximum Gasteiger partial charge on any atom is 0.145 e. The lowest BCUT2D eigenvalue weighted by Gasteiger charge is -2.19. The second kappa shape index (κ2) is 5.80. The molecule has 1 atom stereocenters. The molecule has 0 aliphatic heterocycles. The molecule has 88 valence electrons. The minimum atomic E-state index is 0.209. The number of allylic oxidation sites excluding steroid dienone is 1. The maximum absolute atomic E-state index is 4.25. The third-order valence-electron chi connectivity index (χ3n) is 3.19. The van der Waals surface area contributed by atoms with Gasteiger partial charge >= 0.3 is 0 Å². The second-order valence-corrected chi connectivity index (χ2v) is 4.32. The number of aromatic amines is 1. The standard InChI is InChI=1S/C12H20N4/c1-13-11(12-14-9-15-16-12)10-7-5-3-2-4-6-8-10/h7,9,11,13H,2-6,8H2,1H3,(H,14,15,16). The molecule has 1 aliphatic rings. The third-order valence-corrected chi connectivity index (χ3v) is 3.19. The number of hydrogen-bond acceptors (Lipinski definition) is 3. The third kappa shape index (κ3) is 2.70. The first kappa shape index (κ1) is 11.3. The van der Waals surface area contributed by atoms with Crippen LogP contribution in [0.5, 0.6) is 0 Å². The summed E-state index contributed by atoms with van der Waals surface area (Å²) in [5, 5.41) is 10.2. The number of likely N-dealkylation sites (N-methyl/N-ethyl adjacent to an activating group) is 1. The van der Waals surface area contributed by atoms with Crippen LogP contribution in [0, 0.1) is 0 Å². The van der Waals surface area contributed by atoms with E-state index in [1.54, 1.807) is 6.33 Å². The highest BCUT2D eigenvalue weighted by molar-refractivity contribution is 5.17. The predicted octanol–water partition coefficient (Wildman–Crippen LogP) is 2.35. The van der Waals surface area contributed by atoms with Gasteiger partial charge in [0, 0.05) is 0 Å². The fourth-order valence-electron chi connectivity index (χ4n) is 2.33. The van der Waals surface area contributed by atoms with E-state index in [-0.39, 0.29) is 6.04 Å². The van der Waals surface area contributed by atoms with Crippen LogP contribution in [0.25, 0.3) is 0 Å². The van der Waals surface area contributed by atoms with E-state index >= 15 is 0 Å². The quantitative estimate of drug-likeness (QED) is 0.769. The van der Waals surface area contributed by atoms with Crippen LogP contribution in [-0.4, -0.2) is 22.2 Å². The van der Waals surface area contributed by atoms with Crippen molar-refractivity contribution in [3.8, 4) is 0 Å². The average molecular weight is 220 g/mol. The normalized spacial score (nSPS) is 19.7. The fourth-order valence-corrected chi connectivity index (χ4v) is 2.33. The van der Waals surface area contributed by atoms with E-state index in [1.807, 2.05) is 7.05 Å². The van der Waals surface area contributed by atoms with Crippen LogP contribution in [0.3, 0.4) is 0 Å². The highest BCUT2D eigenvalue weighted by Crippen LogP contribution is 2.26. The molecule has 0 fully saturated rings. The van der Waals surface area contributed by atoms with Crippen LogP contribution in [-0.2, 0) is 0 Å². The van der Waals surface area contributed by atoms with Gasteiger partial charge in [0.1, 0.15) is 12.2 Å². The van der Waals surface area contributed by atoms with Crippen molar-refractivity contribution in [1.29, 1.82) is 0 Å². The Bertz CT molecular complexity index is 329. The summed E-state index contributed by atoms with van der Waals surface area (Å²) in [6.45, 7) is 0. The monoisotopic (exact) mass is 220 g/mol. The Morgan fingerprint density at radius 2 is 2.19 bits per heavy atom. The zero-order valence-electron chi connectivity index (χ0n) is 9.87. The summed E-state index contributed by atoms with van der Waals surface area (Å²) in [6, 6.07) is 0.209. The molecule has 16 heavy (non-hydrogen) atoms. The van der Waals surface area contributed by atoms with Crippen molar-refractivity contribution in [2.24, 2.45) is 0 Å². The van der Waals surface area contributed by atoms with Gasteiger partial charge in [-0.15, -0.1) is 0 Å². The molecule has 0 bridgehead atoms. The first-order valence-electron chi connectivity index (χ1n) is 6.13. The Labute approximate surface area is 96.6 Å². The summed E-state index contributed by atoms with van der Waals surface area (Å²) >= 11 is 0. The SMILES string of the molecule is CNC(C1=CCCCCCC1)c1ncn[nH]1. The van der Waals surface area contributed by atoms with Crippen molar-refractivity contribution in [3.63, 3.8) is 0 Å². The number of nitrogens with one attached hydrogen (secondary N) is 2. The van der Waals surface area contributed by atoms with E-state index in [9.17, 15) is 0 Å². The topological polar surface area (TPSA) is 53.6 Å². The van der Waals surface area contributed by atoms with E-state index in [0.717, 1.165) is 5.82 Å². The van der Waals surface area contributed by atoms with E-state index in [0.29, 0.717) is 0 Å². The van der Waals surface area contributed by atoms with Crippen molar-refractivity contribution in [2.75, 3.05) is 7.05 Å². The van der Waals surface area contributed by atoms with Gasteiger partial charge in [0.05, 0.1) is 6.04 Å². The molecule has 1 unspecified atom stereocenters. The van der Waals surface area contributed by atoms with Crippen LogP contribution < -0.4 is 5.32 Å². The summed E-state index contributed by atoms with van der Waals surface area (Å²) in [7, 11) is 1.98. The van der Waals surface area contributed by atoms with E-state index in [1.165, 1.54) is 44.1 Å². The Kier molecular flexibility index (Phi) is 4.10. The Hall–Kier alpha value is -1.16. The summed E-state index contributed by atoms with van der Waals surface area (Å²) in [6.07, 6.45) is 11.6. The molecule has 2 rings (SSSR count). The highest BCUT2D eigenvalue weighted by atomic mass is 15.2. The summed E-state index contributed by atoms with van der Waals surface area (Å²) in [4.78, 5) is 4.25. The predicted molar refractivity (Wildman–Crippen MR) is 64.0 cm³/mol. The van der Waals surface area contributed by atoms with Crippen LogP contribution in [0.1, 0.15) is 50.4 Å². The maximum atomic E-state index is 4.25. The van der Waals surface area contributed by atoms with Crippen molar-refractivity contribution in [2.45, 2.75) is 44.6 Å². The van der Waals surface area contributed by atoms with Gasteiger partial charge in [0.2, 0.25) is 0 Å². The molecule has 1 aromatic rings. The molecule has 2 N–H and O–H groups in total. The van der Waals surface area contributed by atoms with Gasteiger partial charge in [-0.25, -0.2) is 4.98 Å². The van der Waals surface area contributed by atoms with Crippen molar-refractivity contribution >= 4 is 0 Å². The van der Waals surface area contributed by atoms with Crippen LogP contribution >= 0.6 is 0 Å². The lowest BCUT2D eigenvalue weighted by molar-refractivity contribution is 0.559. The Balaban J connectivity index is 2.12. The van der Waals surface area contributed by atoms with E-state index < -0.39 is 0 Å². The lowest BCUT2D eigenvalue weighted by atomic mass is 9.94. The van der Waals surface area contributed by atoms with Crippen molar-refractivity contribution in [1.82, 2.24) is 20.5 Å². The molecule has 0 aromatic carbocycles. The number of H-pyrrole nitrogens is 1.